The van der Waals surface area contributed by atoms with Crippen LogP contribution in [0.1, 0.15) is 19.8 Å². The van der Waals surface area contributed by atoms with Crippen LogP contribution in [0.15, 0.2) is 24.3 Å². The van der Waals surface area contributed by atoms with Gasteiger partial charge in [-0.15, -0.1) is 0 Å². The van der Waals surface area contributed by atoms with E-state index in [9.17, 15) is 10.2 Å². The predicted molar refractivity (Wildman–Crippen MR) is 55.7 cm³/mol. The minimum atomic E-state index is -0.437. The lowest BCUT2D eigenvalue weighted by molar-refractivity contribution is 0.158. The molecule has 0 aromatic heterocycles. The van der Waals surface area contributed by atoms with Gasteiger partial charge in [0.15, 0.2) is 0 Å². The molecular formula is C12H18O2. The Morgan fingerprint density at radius 2 is 1.93 bits per heavy atom. The Hall–Kier alpha value is -0.600. The topological polar surface area (TPSA) is 40.5 Å². The van der Waals surface area contributed by atoms with E-state index in [1.807, 2.05) is 12.2 Å². The molecule has 2 heteroatoms. The normalized spacial score (nSPS) is 46.4. The molecule has 2 N–H and O–H groups in total. The monoisotopic (exact) mass is 194 g/mol. The Balaban J connectivity index is 2.28. The SMILES string of the molecule is CC1CCC(CO)C12C=CC(O)C=C2. The van der Waals surface area contributed by atoms with Gasteiger partial charge in [0.1, 0.15) is 0 Å². The van der Waals surface area contributed by atoms with E-state index in [-0.39, 0.29) is 12.0 Å². The summed E-state index contributed by atoms with van der Waals surface area (Å²) in [6, 6.07) is 0. The van der Waals surface area contributed by atoms with Gasteiger partial charge in [0, 0.05) is 12.0 Å². The fourth-order valence-corrected chi connectivity index (χ4v) is 2.85. The van der Waals surface area contributed by atoms with E-state index in [0.717, 1.165) is 12.8 Å². The molecule has 1 fully saturated rings. The molecule has 0 saturated heterocycles. The van der Waals surface area contributed by atoms with Crippen LogP contribution in [-0.2, 0) is 0 Å². The Morgan fingerprint density at radius 1 is 1.29 bits per heavy atom. The number of aliphatic hydroxyl groups is 2. The first-order chi connectivity index (χ1) is 6.69. The van der Waals surface area contributed by atoms with Gasteiger partial charge in [-0.05, 0) is 24.7 Å². The molecular weight excluding hydrogens is 176 g/mol. The third-order valence-corrected chi connectivity index (χ3v) is 3.89. The number of hydrogen-bond donors (Lipinski definition) is 2. The zero-order valence-corrected chi connectivity index (χ0v) is 8.56. The molecule has 1 saturated carbocycles. The van der Waals surface area contributed by atoms with Crippen molar-refractivity contribution in [3.8, 4) is 0 Å². The molecule has 2 aliphatic rings. The Bertz CT molecular complexity index is 253. The van der Waals surface area contributed by atoms with E-state index in [1.54, 1.807) is 0 Å². The molecule has 2 nitrogen and oxygen atoms in total. The van der Waals surface area contributed by atoms with Crippen molar-refractivity contribution in [3.05, 3.63) is 24.3 Å². The summed E-state index contributed by atoms with van der Waals surface area (Å²) in [5.41, 5.74) is 0.00792. The fourth-order valence-electron chi connectivity index (χ4n) is 2.85. The Kier molecular flexibility index (Phi) is 2.50. The van der Waals surface area contributed by atoms with Gasteiger partial charge in [-0.3, -0.25) is 0 Å². The number of rotatable bonds is 1. The van der Waals surface area contributed by atoms with Crippen molar-refractivity contribution in [2.45, 2.75) is 25.9 Å². The van der Waals surface area contributed by atoms with Crippen molar-refractivity contribution in [1.82, 2.24) is 0 Å². The zero-order chi connectivity index (χ0) is 10.2. The molecule has 1 spiro atoms. The zero-order valence-electron chi connectivity index (χ0n) is 8.56. The minimum absolute atomic E-state index is 0.00792. The van der Waals surface area contributed by atoms with Crippen LogP contribution in [0, 0.1) is 17.3 Å². The summed E-state index contributed by atoms with van der Waals surface area (Å²) < 4.78 is 0. The van der Waals surface area contributed by atoms with Crippen LogP contribution in [-0.4, -0.2) is 22.9 Å². The Labute approximate surface area is 85.0 Å². The van der Waals surface area contributed by atoms with Gasteiger partial charge in [-0.2, -0.15) is 0 Å². The van der Waals surface area contributed by atoms with Crippen LogP contribution in [0.5, 0.6) is 0 Å². The summed E-state index contributed by atoms with van der Waals surface area (Å²) in [6.07, 6.45) is 9.67. The largest absolute Gasteiger partial charge is 0.396 e. The summed E-state index contributed by atoms with van der Waals surface area (Å²) in [5.74, 6) is 0.900. The number of hydrogen-bond acceptors (Lipinski definition) is 2. The molecule has 2 aliphatic carbocycles. The summed E-state index contributed by atoms with van der Waals surface area (Å²) in [4.78, 5) is 0. The van der Waals surface area contributed by atoms with E-state index in [0.29, 0.717) is 11.8 Å². The summed E-state index contributed by atoms with van der Waals surface area (Å²) in [7, 11) is 0. The van der Waals surface area contributed by atoms with E-state index >= 15 is 0 Å². The maximum Gasteiger partial charge on any atom is 0.0903 e. The first-order valence-electron chi connectivity index (χ1n) is 5.36. The molecule has 78 valence electrons. The van der Waals surface area contributed by atoms with Crippen molar-refractivity contribution in [2.24, 2.45) is 17.3 Å². The third-order valence-electron chi connectivity index (χ3n) is 3.89. The van der Waals surface area contributed by atoms with Gasteiger partial charge in [0.25, 0.3) is 0 Å². The van der Waals surface area contributed by atoms with Crippen LogP contribution < -0.4 is 0 Å². The van der Waals surface area contributed by atoms with Gasteiger partial charge < -0.3 is 10.2 Å². The second-order valence-electron chi connectivity index (χ2n) is 4.57. The first-order valence-corrected chi connectivity index (χ1v) is 5.36. The molecule has 0 aromatic carbocycles. The van der Waals surface area contributed by atoms with Crippen molar-refractivity contribution >= 4 is 0 Å². The number of aliphatic hydroxyl groups excluding tert-OH is 2. The summed E-state index contributed by atoms with van der Waals surface area (Å²) in [6.45, 7) is 2.47. The molecule has 0 amide bonds. The smallest absolute Gasteiger partial charge is 0.0903 e. The highest BCUT2D eigenvalue weighted by Crippen LogP contribution is 2.50. The van der Waals surface area contributed by atoms with E-state index in [4.69, 9.17) is 0 Å². The van der Waals surface area contributed by atoms with Gasteiger partial charge in [-0.1, -0.05) is 31.2 Å². The summed E-state index contributed by atoms with van der Waals surface area (Å²) in [5, 5.41) is 18.7. The van der Waals surface area contributed by atoms with Crippen LogP contribution in [0.2, 0.25) is 0 Å². The van der Waals surface area contributed by atoms with Gasteiger partial charge in [0.2, 0.25) is 0 Å². The molecule has 0 aromatic rings. The molecule has 0 radical (unpaired) electrons. The highest BCUT2D eigenvalue weighted by Gasteiger charge is 2.44. The van der Waals surface area contributed by atoms with Gasteiger partial charge >= 0.3 is 0 Å². The molecule has 14 heavy (non-hydrogen) atoms. The standard InChI is InChI=1S/C12H18O2/c1-9-2-3-10(8-13)12(9)6-4-11(14)5-7-12/h4-7,9-11,13-14H,2-3,8H2,1H3. The lowest BCUT2D eigenvalue weighted by Gasteiger charge is -2.35. The van der Waals surface area contributed by atoms with E-state index < -0.39 is 6.10 Å². The first kappa shape index (κ1) is 9.94. The Morgan fingerprint density at radius 3 is 2.50 bits per heavy atom. The highest BCUT2D eigenvalue weighted by molar-refractivity contribution is 5.26. The van der Waals surface area contributed by atoms with E-state index in [2.05, 4.69) is 19.1 Å². The van der Waals surface area contributed by atoms with Gasteiger partial charge in [0.05, 0.1) is 6.10 Å². The maximum atomic E-state index is 9.36. The lowest BCUT2D eigenvalue weighted by atomic mass is 9.70. The molecule has 2 rings (SSSR count). The molecule has 2 atom stereocenters. The lowest BCUT2D eigenvalue weighted by Crippen LogP contribution is -2.31. The van der Waals surface area contributed by atoms with E-state index in [1.165, 1.54) is 0 Å². The molecule has 0 heterocycles. The average Bonchev–Trinajstić information content (AvgIpc) is 2.49. The predicted octanol–water partition coefficient (Wildman–Crippen LogP) is 1.50. The van der Waals surface area contributed by atoms with Gasteiger partial charge in [-0.25, -0.2) is 0 Å². The van der Waals surface area contributed by atoms with Crippen LogP contribution in [0.25, 0.3) is 0 Å². The molecule has 0 aliphatic heterocycles. The quantitative estimate of drug-likeness (QED) is 0.621. The van der Waals surface area contributed by atoms with Crippen molar-refractivity contribution in [2.75, 3.05) is 6.61 Å². The highest BCUT2D eigenvalue weighted by atomic mass is 16.3. The number of allylic oxidation sites excluding steroid dienone is 2. The second-order valence-corrected chi connectivity index (χ2v) is 4.57. The average molecular weight is 194 g/mol. The van der Waals surface area contributed by atoms with Crippen molar-refractivity contribution < 1.29 is 10.2 Å². The molecule has 0 bridgehead atoms. The van der Waals surface area contributed by atoms with Crippen LogP contribution in [0.3, 0.4) is 0 Å². The van der Waals surface area contributed by atoms with Crippen LogP contribution >= 0.6 is 0 Å². The fraction of sp³-hybridized carbons (Fsp3) is 0.667. The third kappa shape index (κ3) is 1.33. The minimum Gasteiger partial charge on any atom is -0.396 e. The van der Waals surface area contributed by atoms with Crippen LogP contribution in [0.4, 0.5) is 0 Å². The van der Waals surface area contributed by atoms with Crippen molar-refractivity contribution in [3.63, 3.8) is 0 Å². The van der Waals surface area contributed by atoms with Crippen molar-refractivity contribution in [1.29, 1.82) is 0 Å². The second kappa shape index (κ2) is 3.52. The summed E-state index contributed by atoms with van der Waals surface area (Å²) >= 11 is 0. The maximum absolute atomic E-state index is 9.36. The molecule has 2 unspecified atom stereocenters.